The molecule has 208 valence electrons. The van der Waals surface area contributed by atoms with Crippen LogP contribution in [-0.2, 0) is 14.3 Å². The molecule has 3 heterocycles. The van der Waals surface area contributed by atoms with Gasteiger partial charge in [-0.1, -0.05) is 0 Å². The van der Waals surface area contributed by atoms with Gasteiger partial charge in [0.25, 0.3) is 11.8 Å². The number of carbonyl (C=O) groups is 4. The van der Waals surface area contributed by atoms with E-state index in [1.807, 2.05) is 19.1 Å². The average Bonchev–Trinajstić information content (AvgIpc) is 3.60. The standard InChI is InChI=1S/C28H34N4O7/c1-18(37-17-12-24(34)30-13-2-3-16-38-20-6-4-19(29)5-7-20)10-14-31-23(33)11-15-32-27(35)25-21-8-9-22(39-21)26(25)28(32)36/h4-9,18H,2-3,10-17,29H2,1H3,(H,30,34)(H,31,33). The summed E-state index contributed by atoms with van der Waals surface area (Å²) in [5, 5.41) is 5.65. The molecule has 1 atom stereocenters. The van der Waals surface area contributed by atoms with Crippen molar-refractivity contribution in [3.8, 4) is 5.75 Å². The number of ether oxygens (including phenoxy) is 2. The minimum absolute atomic E-state index is 0.00777. The van der Waals surface area contributed by atoms with Crippen molar-refractivity contribution in [2.75, 3.05) is 38.6 Å². The number of fused-ring (bicyclic) bond motifs is 5. The number of anilines is 1. The number of nitrogen functional groups attached to an aromatic ring is 1. The van der Waals surface area contributed by atoms with E-state index >= 15 is 0 Å². The van der Waals surface area contributed by atoms with Crippen LogP contribution in [0.5, 0.6) is 5.75 Å². The Kier molecular flexibility index (Phi) is 9.37. The summed E-state index contributed by atoms with van der Waals surface area (Å²) < 4.78 is 16.7. The number of amides is 4. The number of nitrogens with one attached hydrogen (secondary N) is 2. The van der Waals surface area contributed by atoms with Gasteiger partial charge in [-0.15, -0.1) is 0 Å². The SMILES string of the molecule is CC(CCNC(=O)CCN1C(=O)c2c(c3ccc2o3)C1=O)OCCC(=O)NCCCCOc1ccc(N)cc1. The number of nitrogens with two attached hydrogens (primary N) is 1. The monoisotopic (exact) mass is 538 g/mol. The van der Waals surface area contributed by atoms with Gasteiger partial charge in [0.05, 0.1) is 30.4 Å². The number of hydrogen-bond acceptors (Lipinski definition) is 8. The number of rotatable bonds is 16. The largest absolute Gasteiger partial charge is 0.494 e. The molecule has 0 fully saturated rings. The van der Waals surface area contributed by atoms with Crippen molar-refractivity contribution in [1.29, 1.82) is 0 Å². The minimum atomic E-state index is -0.424. The van der Waals surface area contributed by atoms with Gasteiger partial charge in [-0.3, -0.25) is 24.1 Å². The first kappa shape index (κ1) is 27.9. The average molecular weight is 539 g/mol. The second kappa shape index (κ2) is 13.1. The van der Waals surface area contributed by atoms with Crippen LogP contribution in [-0.4, -0.2) is 67.5 Å². The summed E-state index contributed by atoms with van der Waals surface area (Å²) in [4.78, 5) is 50.3. The topological polar surface area (TPSA) is 153 Å². The van der Waals surface area contributed by atoms with E-state index in [4.69, 9.17) is 19.6 Å². The molecule has 0 spiro atoms. The lowest BCUT2D eigenvalue weighted by molar-refractivity contribution is -0.122. The van der Waals surface area contributed by atoms with Crippen molar-refractivity contribution in [3.05, 3.63) is 47.5 Å². The van der Waals surface area contributed by atoms with Crippen molar-refractivity contribution in [2.24, 2.45) is 0 Å². The van der Waals surface area contributed by atoms with E-state index in [9.17, 15) is 19.2 Å². The molecule has 4 N–H and O–H groups in total. The van der Waals surface area contributed by atoms with Gasteiger partial charge in [0.1, 0.15) is 16.9 Å². The van der Waals surface area contributed by atoms with Crippen LogP contribution in [0.15, 0.2) is 40.8 Å². The molecule has 1 unspecified atom stereocenters. The van der Waals surface area contributed by atoms with E-state index in [-0.39, 0.29) is 55.0 Å². The molecule has 4 rings (SSSR count). The summed E-state index contributed by atoms with van der Waals surface area (Å²) in [6, 6.07) is 10.6. The molecule has 1 aliphatic rings. The van der Waals surface area contributed by atoms with Crippen LogP contribution in [0.25, 0.3) is 11.2 Å². The smallest absolute Gasteiger partial charge is 0.265 e. The van der Waals surface area contributed by atoms with Gasteiger partial charge in [-0.05, 0) is 62.6 Å². The van der Waals surface area contributed by atoms with Gasteiger partial charge in [0, 0.05) is 38.2 Å². The third-order valence-corrected chi connectivity index (χ3v) is 6.48. The van der Waals surface area contributed by atoms with Crippen LogP contribution in [0.2, 0.25) is 0 Å². The van der Waals surface area contributed by atoms with Crippen LogP contribution < -0.4 is 21.1 Å². The second-order valence-corrected chi connectivity index (χ2v) is 9.47. The number of nitrogens with zero attached hydrogens (tertiary/aromatic N) is 1. The molecule has 0 aliphatic carbocycles. The van der Waals surface area contributed by atoms with Crippen LogP contribution in [0.3, 0.4) is 0 Å². The number of imide groups is 1. The van der Waals surface area contributed by atoms with Gasteiger partial charge in [-0.25, -0.2) is 0 Å². The highest BCUT2D eigenvalue weighted by atomic mass is 16.5. The summed E-state index contributed by atoms with van der Waals surface area (Å²) in [6.45, 7) is 3.69. The van der Waals surface area contributed by atoms with E-state index in [1.54, 1.807) is 24.3 Å². The zero-order chi connectivity index (χ0) is 27.8. The van der Waals surface area contributed by atoms with Crippen LogP contribution >= 0.6 is 0 Å². The number of furan rings is 2. The molecule has 0 saturated heterocycles. The predicted octanol–water partition coefficient (Wildman–Crippen LogP) is 2.72. The lowest BCUT2D eigenvalue weighted by Crippen LogP contribution is -2.35. The molecule has 11 nitrogen and oxygen atoms in total. The first-order valence-corrected chi connectivity index (χ1v) is 13.2. The molecule has 1 aliphatic heterocycles. The van der Waals surface area contributed by atoms with Gasteiger partial charge in [-0.2, -0.15) is 0 Å². The molecular formula is C28H34N4O7. The fraction of sp³-hybridized carbons (Fsp3) is 0.429. The quantitative estimate of drug-likeness (QED) is 0.143. The number of benzene rings is 2. The zero-order valence-electron chi connectivity index (χ0n) is 22.0. The Morgan fingerprint density at radius 2 is 1.54 bits per heavy atom. The maximum absolute atomic E-state index is 12.5. The Hall–Kier alpha value is -4.12. The molecule has 2 bridgehead atoms. The minimum Gasteiger partial charge on any atom is -0.494 e. The van der Waals surface area contributed by atoms with E-state index in [0.717, 1.165) is 23.5 Å². The van der Waals surface area contributed by atoms with E-state index in [0.29, 0.717) is 43.0 Å². The summed E-state index contributed by atoms with van der Waals surface area (Å²) >= 11 is 0. The summed E-state index contributed by atoms with van der Waals surface area (Å²) in [6.07, 6.45) is 2.32. The Morgan fingerprint density at radius 1 is 0.897 bits per heavy atom. The normalized spacial score (nSPS) is 13.6. The highest BCUT2D eigenvalue weighted by molar-refractivity contribution is 6.27. The maximum atomic E-state index is 12.5. The second-order valence-electron chi connectivity index (χ2n) is 9.47. The van der Waals surface area contributed by atoms with Crippen LogP contribution in [0.4, 0.5) is 5.69 Å². The van der Waals surface area contributed by atoms with Crippen molar-refractivity contribution in [3.63, 3.8) is 0 Å². The molecule has 1 aromatic carbocycles. The Labute approximate surface area is 226 Å². The third-order valence-electron chi connectivity index (χ3n) is 6.48. The molecule has 4 amide bonds. The third kappa shape index (κ3) is 7.26. The van der Waals surface area contributed by atoms with Crippen molar-refractivity contribution in [2.45, 2.75) is 45.1 Å². The van der Waals surface area contributed by atoms with E-state index < -0.39 is 11.8 Å². The molecule has 2 aromatic heterocycles. The van der Waals surface area contributed by atoms with E-state index in [2.05, 4.69) is 10.6 Å². The molecule has 39 heavy (non-hydrogen) atoms. The molecule has 3 aromatic rings. The maximum Gasteiger partial charge on any atom is 0.265 e. The Bertz CT molecular complexity index is 1240. The van der Waals surface area contributed by atoms with E-state index in [1.165, 1.54) is 0 Å². The van der Waals surface area contributed by atoms with Crippen molar-refractivity contribution in [1.82, 2.24) is 15.5 Å². The summed E-state index contributed by atoms with van der Waals surface area (Å²) in [5.41, 5.74) is 7.71. The van der Waals surface area contributed by atoms with Gasteiger partial charge in [0.15, 0.2) is 0 Å². The summed E-state index contributed by atoms with van der Waals surface area (Å²) in [5.74, 6) is -0.411. The van der Waals surface area contributed by atoms with Crippen molar-refractivity contribution < 1.29 is 33.1 Å². The Balaban J connectivity index is 0.990. The molecule has 11 heteroatoms. The lowest BCUT2D eigenvalue weighted by Gasteiger charge is -2.15. The number of unbranched alkanes of at least 4 members (excludes halogenated alkanes) is 1. The summed E-state index contributed by atoms with van der Waals surface area (Å²) in [7, 11) is 0. The predicted molar refractivity (Wildman–Crippen MR) is 144 cm³/mol. The number of hydrogen-bond donors (Lipinski definition) is 3. The Morgan fingerprint density at radius 3 is 2.23 bits per heavy atom. The first-order chi connectivity index (χ1) is 18.8. The first-order valence-electron chi connectivity index (χ1n) is 13.2. The fourth-order valence-electron chi connectivity index (χ4n) is 4.29. The van der Waals surface area contributed by atoms with Gasteiger partial charge in [0.2, 0.25) is 11.8 Å². The molecular weight excluding hydrogens is 504 g/mol. The van der Waals surface area contributed by atoms with Crippen LogP contribution in [0.1, 0.15) is 59.7 Å². The lowest BCUT2D eigenvalue weighted by atomic mass is 10.1. The zero-order valence-corrected chi connectivity index (χ0v) is 22.0. The van der Waals surface area contributed by atoms with Crippen molar-refractivity contribution >= 4 is 40.5 Å². The number of carbonyl (C=O) groups excluding carboxylic acids is 4. The fourth-order valence-corrected chi connectivity index (χ4v) is 4.29. The van der Waals surface area contributed by atoms with Crippen LogP contribution in [0, 0.1) is 0 Å². The van der Waals surface area contributed by atoms with Gasteiger partial charge < -0.3 is 30.3 Å². The molecule has 0 saturated carbocycles. The highest BCUT2D eigenvalue weighted by Gasteiger charge is 2.41. The molecule has 0 radical (unpaired) electrons. The van der Waals surface area contributed by atoms with Gasteiger partial charge >= 0.3 is 0 Å². The highest BCUT2D eigenvalue weighted by Crippen LogP contribution is 2.35.